The number of furan rings is 1. The number of nitrogens with zero attached hydrogens (tertiary/aromatic N) is 1. The van der Waals surface area contributed by atoms with Gasteiger partial charge in [-0.15, -0.1) is 0 Å². The van der Waals surface area contributed by atoms with Crippen LogP contribution in [0.2, 0.25) is 0 Å². The van der Waals surface area contributed by atoms with Gasteiger partial charge in [-0.1, -0.05) is 36.4 Å². The molecule has 0 saturated heterocycles. The van der Waals surface area contributed by atoms with E-state index >= 15 is 0 Å². The van der Waals surface area contributed by atoms with Crippen LogP contribution in [0.4, 0.5) is 4.79 Å². The van der Waals surface area contributed by atoms with Crippen molar-refractivity contribution in [2.75, 3.05) is 14.1 Å². The third kappa shape index (κ3) is 6.34. The largest absolute Gasteiger partial charge is 0.486 e. The quantitative estimate of drug-likeness (QED) is 0.431. The zero-order chi connectivity index (χ0) is 23.8. The molecule has 0 aliphatic carbocycles. The minimum Gasteiger partial charge on any atom is -0.486 e. The summed E-state index contributed by atoms with van der Waals surface area (Å²) in [5, 5.41) is 2.50. The van der Waals surface area contributed by atoms with Gasteiger partial charge in [0.2, 0.25) is 10.0 Å². The third-order valence-electron chi connectivity index (χ3n) is 4.47. The monoisotopic (exact) mass is 472 g/mol. The molecule has 174 valence electrons. The summed E-state index contributed by atoms with van der Waals surface area (Å²) in [5.74, 6) is 0.432. The number of hydrogen-bond donors (Lipinski definition) is 3. The van der Waals surface area contributed by atoms with Crippen LogP contribution < -0.4 is 20.9 Å². The number of sulfonamides is 1. The first-order valence-corrected chi connectivity index (χ1v) is 11.3. The first-order valence-electron chi connectivity index (χ1n) is 9.88. The van der Waals surface area contributed by atoms with E-state index < -0.39 is 22.0 Å². The average Bonchev–Trinajstić information content (AvgIpc) is 3.30. The maximum absolute atomic E-state index is 12.4. The van der Waals surface area contributed by atoms with Crippen LogP contribution in [-0.2, 0) is 23.2 Å². The number of hydrogen-bond acceptors (Lipinski definition) is 6. The highest BCUT2D eigenvalue weighted by molar-refractivity contribution is 7.89. The molecule has 1 aromatic heterocycles. The van der Waals surface area contributed by atoms with Gasteiger partial charge in [0.25, 0.3) is 0 Å². The van der Waals surface area contributed by atoms with Gasteiger partial charge >= 0.3 is 11.9 Å². The number of amides is 3. The van der Waals surface area contributed by atoms with Crippen molar-refractivity contribution >= 4 is 22.0 Å². The second-order valence-electron chi connectivity index (χ2n) is 7.02. The topological polar surface area (TPSA) is 130 Å². The van der Waals surface area contributed by atoms with Gasteiger partial charge in [-0.25, -0.2) is 22.9 Å². The molecule has 3 aromatic rings. The molecule has 0 bridgehead atoms. The van der Waals surface area contributed by atoms with Crippen LogP contribution >= 0.6 is 0 Å². The van der Waals surface area contributed by atoms with Gasteiger partial charge in [-0.2, -0.15) is 0 Å². The van der Waals surface area contributed by atoms with Crippen molar-refractivity contribution in [2.24, 2.45) is 0 Å². The highest BCUT2D eigenvalue weighted by Crippen LogP contribution is 2.18. The molecule has 11 heteroatoms. The normalized spacial score (nSPS) is 11.1. The molecule has 0 aliphatic rings. The first kappa shape index (κ1) is 23.8. The van der Waals surface area contributed by atoms with E-state index in [-0.39, 0.29) is 23.8 Å². The van der Waals surface area contributed by atoms with Crippen LogP contribution in [0.5, 0.6) is 5.75 Å². The van der Waals surface area contributed by atoms with Gasteiger partial charge in [0.1, 0.15) is 18.1 Å². The maximum Gasteiger partial charge on any atom is 0.333 e. The summed E-state index contributed by atoms with van der Waals surface area (Å²) in [6.07, 6.45) is 0. The number of carbonyl (C=O) groups excluding carboxylic acids is 2. The molecular weight excluding hydrogens is 448 g/mol. The van der Waals surface area contributed by atoms with Gasteiger partial charge in [0.15, 0.2) is 5.76 Å². The number of hydrazine groups is 1. The van der Waals surface area contributed by atoms with Crippen molar-refractivity contribution in [1.29, 1.82) is 0 Å². The number of ether oxygens (including phenoxy) is 1. The number of rotatable bonds is 8. The number of nitrogens with one attached hydrogen (secondary N) is 3. The van der Waals surface area contributed by atoms with Gasteiger partial charge in [-0.05, 0) is 35.9 Å². The molecule has 0 saturated carbocycles. The molecule has 0 atom stereocenters. The Bertz CT molecular complexity index is 1210. The molecule has 33 heavy (non-hydrogen) atoms. The predicted molar refractivity (Wildman–Crippen MR) is 120 cm³/mol. The minimum absolute atomic E-state index is 0.00983. The summed E-state index contributed by atoms with van der Waals surface area (Å²) in [5.41, 5.74) is 4.83. The standard InChI is InChI=1S/C22H24N4O6S/c1-26(2)33(29,30)20-11-7-6-8-16(20)14-23-22(28)25-24-21(27)19-13-12-18(32-19)15-31-17-9-4-3-5-10-17/h3-13H,14-15H2,1-2H3,(H,24,27)(H2,23,25,28). The predicted octanol–water partition coefficient (Wildman–Crippen LogP) is 2.25. The van der Waals surface area contributed by atoms with Gasteiger partial charge < -0.3 is 14.5 Å². The molecule has 10 nitrogen and oxygen atoms in total. The Labute approximate surface area is 191 Å². The Morgan fingerprint density at radius 1 is 0.939 bits per heavy atom. The number of benzene rings is 2. The van der Waals surface area contributed by atoms with Crippen molar-refractivity contribution < 1.29 is 27.2 Å². The summed E-state index contributed by atoms with van der Waals surface area (Å²) < 4.78 is 36.9. The first-order chi connectivity index (χ1) is 15.8. The highest BCUT2D eigenvalue weighted by atomic mass is 32.2. The van der Waals surface area contributed by atoms with Crippen LogP contribution in [0.3, 0.4) is 0 Å². The van der Waals surface area contributed by atoms with Crippen LogP contribution in [-0.4, -0.2) is 38.8 Å². The number of para-hydroxylation sites is 1. The van der Waals surface area contributed by atoms with Crippen molar-refractivity contribution in [3.8, 4) is 5.75 Å². The Hall–Kier alpha value is -3.83. The van der Waals surface area contributed by atoms with Gasteiger partial charge in [0.05, 0.1) is 4.90 Å². The maximum atomic E-state index is 12.4. The van der Waals surface area contributed by atoms with Crippen LogP contribution in [0.25, 0.3) is 0 Å². The Balaban J connectivity index is 1.49. The fraction of sp³-hybridized carbons (Fsp3) is 0.182. The number of carbonyl (C=O) groups is 2. The molecule has 3 amide bonds. The van der Waals surface area contributed by atoms with E-state index in [0.29, 0.717) is 17.1 Å². The van der Waals surface area contributed by atoms with E-state index in [1.165, 1.54) is 26.2 Å². The van der Waals surface area contributed by atoms with E-state index in [2.05, 4.69) is 16.2 Å². The second kappa shape index (κ2) is 10.7. The van der Waals surface area contributed by atoms with E-state index in [1.54, 1.807) is 36.4 Å². The molecule has 0 radical (unpaired) electrons. The van der Waals surface area contributed by atoms with Crippen molar-refractivity contribution in [2.45, 2.75) is 18.0 Å². The molecule has 3 rings (SSSR count). The highest BCUT2D eigenvalue weighted by Gasteiger charge is 2.21. The minimum atomic E-state index is -3.67. The van der Waals surface area contributed by atoms with Gasteiger partial charge in [-0.3, -0.25) is 10.2 Å². The van der Waals surface area contributed by atoms with Crippen molar-refractivity contribution in [3.05, 3.63) is 83.8 Å². The SMILES string of the molecule is CN(C)S(=O)(=O)c1ccccc1CNC(=O)NNC(=O)c1ccc(COc2ccccc2)o1. The van der Waals surface area contributed by atoms with Gasteiger partial charge in [0, 0.05) is 20.6 Å². The molecule has 0 aliphatic heterocycles. The average molecular weight is 473 g/mol. The smallest absolute Gasteiger partial charge is 0.333 e. The molecule has 0 unspecified atom stereocenters. The second-order valence-corrected chi connectivity index (χ2v) is 9.14. The van der Waals surface area contributed by atoms with Crippen molar-refractivity contribution in [3.63, 3.8) is 0 Å². The Morgan fingerprint density at radius 2 is 1.64 bits per heavy atom. The fourth-order valence-electron chi connectivity index (χ4n) is 2.74. The fourth-order valence-corrected chi connectivity index (χ4v) is 3.86. The lowest BCUT2D eigenvalue weighted by molar-refractivity contribution is 0.0904. The van der Waals surface area contributed by atoms with Crippen molar-refractivity contribution in [1.82, 2.24) is 20.5 Å². The Kier molecular flexibility index (Phi) is 7.70. The zero-order valence-electron chi connectivity index (χ0n) is 18.1. The number of urea groups is 1. The van der Waals surface area contributed by atoms with E-state index in [9.17, 15) is 18.0 Å². The third-order valence-corrected chi connectivity index (χ3v) is 6.39. The van der Waals surface area contributed by atoms with E-state index in [0.717, 1.165) is 4.31 Å². The van der Waals surface area contributed by atoms with Crippen LogP contribution in [0, 0.1) is 0 Å². The lowest BCUT2D eigenvalue weighted by Gasteiger charge is -2.15. The summed E-state index contributed by atoms with van der Waals surface area (Å²) in [6.45, 7) is 0.0765. The molecular formula is C22H24N4O6S. The van der Waals surface area contributed by atoms with E-state index in [1.807, 2.05) is 18.2 Å². The van der Waals surface area contributed by atoms with E-state index in [4.69, 9.17) is 9.15 Å². The lowest BCUT2D eigenvalue weighted by Crippen LogP contribution is -2.46. The summed E-state index contributed by atoms with van der Waals surface area (Å²) >= 11 is 0. The summed E-state index contributed by atoms with van der Waals surface area (Å²) in [4.78, 5) is 24.3. The summed E-state index contributed by atoms with van der Waals surface area (Å²) in [6, 6.07) is 17.8. The molecule has 1 heterocycles. The lowest BCUT2D eigenvalue weighted by atomic mass is 10.2. The zero-order valence-corrected chi connectivity index (χ0v) is 18.9. The molecule has 3 N–H and O–H groups in total. The summed E-state index contributed by atoms with van der Waals surface area (Å²) in [7, 11) is -0.816. The Morgan fingerprint density at radius 3 is 2.36 bits per heavy atom. The molecule has 0 spiro atoms. The van der Waals surface area contributed by atoms with Crippen LogP contribution in [0.15, 0.2) is 76.0 Å². The molecule has 0 fully saturated rings. The molecule has 2 aromatic carbocycles. The van der Waals surface area contributed by atoms with Crippen LogP contribution in [0.1, 0.15) is 21.9 Å².